The Morgan fingerprint density at radius 2 is 2.06 bits per heavy atom. The molecular formula is C10H7N5O. The van der Waals surface area contributed by atoms with Crippen molar-refractivity contribution in [1.82, 2.24) is 24.9 Å². The molecule has 0 aromatic carbocycles. The lowest BCUT2D eigenvalue weighted by Crippen LogP contribution is -2.02. The highest BCUT2D eigenvalue weighted by Crippen LogP contribution is 2.13. The van der Waals surface area contributed by atoms with Crippen LogP contribution < -0.4 is 5.56 Å². The van der Waals surface area contributed by atoms with Crippen LogP contribution in [0.3, 0.4) is 0 Å². The third-order valence-electron chi connectivity index (χ3n) is 2.22. The Hall–Kier alpha value is -2.50. The molecule has 6 heteroatoms. The minimum Gasteiger partial charge on any atom is -0.342 e. The van der Waals surface area contributed by atoms with Crippen molar-refractivity contribution in [3.05, 3.63) is 41.2 Å². The summed E-state index contributed by atoms with van der Waals surface area (Å²) in [5.74, 6) is 0.538. The second kappa shape index (κ2) is 3.27. The number of rotatable bonds is 1. The summed E-state index contributed by atoms with van der Waals surface area (Å²) in [6.07, 6.45) is 4.81. The molecule has 3 heterocycles. The number of aromatic amines is 2. The molecule has 0 aliphatic carbocycles. The lowest BCUT2D eigenvalue weighted by atomic mass is 10.2. The Morgan fingerprint density at radius 1 is 1.12 bits per heavy atom. The standard InChI is InChI=1S/C10H7N5O/c16-8-2-1-6(3-11-8)9-12-4-7-10(15-9)14-5-13-7/h1-5H,(H,11,16)(H,12,13,14,15). The van der Waals surface area contributed by atoms with Gasteiger partial charge in [-0.15, -0.1) is 0 Å². The van der Waals surface area contributed by atoms with Gasteiger partial charge in [-0.1, -0.05) is 0 Å². The minimum absolute atomic E-state index is 0.149. The number of H-pyrrole nitrogens is 2. The monoisotopic (exact) mass is 213 g/mol. The van der Waals surface area contributed by atoms with Crippen molar-refractivity contribution in [2.75, 3.05) is 0 Å². The molecule has 0 saturated heterocycles. The first-order chi connectivity index (χ1) is 7.83. The van der Waals surface area contributed by atoms with Gasteiger partial charge in [0.05, 0.1) is 12.5 Å². The number of hydrogen-bond donors (Lipinski definition) is 2. The first kappa shape index (κ1) is 8.78. The Morgan fingerprint density at radius 3 is 2.88 bits per heavy atom. The van der Waals surface area contributed by atoms with E-state index in [1.54, 1.807) is 24.8 Å². The number of imidazole rings is 1. The lowest BCUT2D eigenvalue weighted by Gasteiger charge is -1.97. The fraction of sp³-hybridized carbons (Fsp3) is 0. The highest BCUT2D eigenvalue weighted by Gasteiger charge is 2.04. The second-order valence-electron chi connectivity index (χ2n) is 3.28. The summed E-state index contributed by atoms with van der Waals surface area (Å²) in [7, 11) is 0. The predicted octanol–water partition coefficient (Wildman–Crippen LogP) is 0.708. The Balaban J connectivity index is 2.17. The van der Waals surface area contributed by atoms with E-state index in [4.69, 9.17) is 0 Å². The van der Waals surface area contributed by atoms with Gasteiger partial charge in [-0.25, -0.2) is 15.0 Å². The molecule has 0 bridgehead atoms. The molecule has 3 aromatic heterocycles. The van der Waals surface area contributed by atoms with Gasteiger partial charge in [0.2, 0.25) is 5.56 Å². The van der Waals surface area contributed by atoms with Gasteiger partial charge >= 0.3 is 0 Å². The van der Waals surface area contributed by atoms with Crippen LogP contribution in [0.2, 0.25) is 0 Å². The fourth-order valence-corrected chi connectivity index (χ4v) is 1.42. The van der Waals surface area contributed by atoms with Crippen LogP contribution in [0.4, 0.5) is 0 Å². The van der Waals surface area contributed by atoms with Gasteiger partial charge < -0.3 is 9.97 Å². The van der Waals surface area contributed by atoms with Gasteiger partial charge in [0.15, 0.2) is 11.5 Å². The topological polar surface area (TPSA) is 87.3 Å². The molecule has 0 aliphatic rings. The van der Waals surface area contributed by atoms with E-state index in [2.05, 4.69) is 24.9 Å². The Bertz CT molecular complexity index is 679. The van der Waals surface area contributed by atoms with Gasteiger partial charge in [0, 0.05) is 17.8 Å². The van der Waals surface area contributed by atoms with E-state index in [9.17, 15) is 4.79 Å². The maximum absolute atomic E-state index is 10.9. The summed E-state index contributed by atoms with van der Waals surface area (Å²) in [6.45, 7) is 0. The van der Waals surface area contributed by atoms with E-state index in [1.165, 1.54) is 6.07 Å². The van der Waals surface area contributed by atoms with Gasteiger partial charge in [-0.05, 0) is 6.07 Å². The SMILES string of the molecule is O=c1ccc(-c2ncc3[nH]cnc3n2)c[nH]1. The van der Waals surface area contributed by atoms with E-state index < -0.39 is 0 Å². The molecule has 6 nitrogen and oxygen atoms in total. The Kier molecular flexibility index (Phi) is 1.79. The van der Waals surface area contributed by atoms with Crippen molar-refractivity contribution in [3.8, 4) is 11.4 Å². The zero-order valence-electron chi connectivity index (χ0n) is 8.14. The number of hydrogen-bond acceptors (Lipinski definition) is 4. The number of pyridine rings is 1. The van der Waals surface area contributed by atoms with Crippen LogP contribution in [0.5, 0.6) is 0 Å². The first-order valence-corrected chi connectivity index (χ1v) is 4.68. The largest absolute Gasteiger partial charge is 0.342 e. The normalized spacial score (nSPS) is 10.8. The summed E-state index contributed by atoms with van der Waals surface area (Å²) in [6, 6.07) is 3.11. The average molecular weight is 213 g/mol. The maximum Gasteiger partial charge on any atom is 0.247 e. The molecule has 2 N–H and O–H groups in total. The number of nitrogens with zero attached hydrogens (tertiary/aromatic N) is 3. The Labute approximate surface area is 89.4 Å². The lowest BCUT2D eigenvalue weighted by molar-refractivity contribution is 1.17. The molecule has 78 valence electrons. The van der Waals surface area contributed by atoms with Crippen LogP contribution >= 0.6 is 0 Å². The van der Waals surface area contributed by atoms with E-state index in [1.807, 2.05) is 0 Å². The summed E-state index contributed by atoms with van der Waals surface area (Å²) in [5.41, 5.74) is 2.00. The van der Waals surface area contributed by atoms with Crippen molar-refractivity contribution < 1.29 is 0 Å². The third kappa shape index (κ3) is 1.36. The number of nitrogens with one attached hydrogen (secondary N) is 2. The van der Waals surface area contributed by atoms with E-state index >= 15 is 0 Å². The molecule has 3 rings (SSSR count). The quantitative estimate of drug-likeness (QED) is 0.623. The molecule has 3 aromatic rings. The van der Waals surface area contributed by atoms with Crippen LogP contribution in [0, 0.1) is 0 Å². The average Bonchev–Trinajstić information content (AvgIpc) is 2.77. The molecular weight excluding hydrogens is 206 g/mol. The van der Waals surface area contributed by atoms with Crippen LogP contribution in [0.15, 0.2) is 35.6 Å². The molecule has 0 spiro atoms. The van der Waals surface area contributed by atoms with Gasteiger partial charge in [0.25, 0.3) is 0 Å². The van der Waals surface area contributed by atoms with Crippen LogP contribution in [0.25, 0.3) is 22.6 Å². The molecule has 0 fully saturated rings. The summed E-state index contributed by atoms with van der Waals surface area (Å²) in [5, 5.41) is 0. The maximum atomic E-state index is 10.9. The van der Waals surface area contributed by atoms with Crippen molar-refractivity contribution in [1.29, 1.82) is 0 Å². The molecule has 0 saturated carbocycles. The smallest absolute Gasteiger partial charge is 0.247 e. The van der Waals surface area contributed by atoms with Crippen LogP contribution in [-0.2, 0) is 0 Å². The molecule has 0 amide bonds. The van der Waals surface area contributed by atoms with Crippen LogP contribution in [-0.4, -0.2) is 24.9 Å². The number of aromatic nitrogens is 5. The van der Waals surface area contributed by atoms with E-state index in [-0.39, 0.29) is 5.56 Å². The van der Waals surface area contributed by atoms with Crippen molar-refractivity contribution in [3.63, 3.8) is 0 Å². The highest BCUT2D eigenvalue weighted by molar-refractivity contribution is 5.71. The first-order valence-electron chi connectivity index (χ1n) is 4.68. The van der Waals surface area contributed by atoms with Crippen molar-refractivity contribution in [2.45, 2.75) is 0 Å². The van der Waals surface area contributed by atoms with Gasteiger partial charge in [0.1, 0.15) is 5.52 Å². The summed E-state index contributed by atoms with van der Waals surface area (Å²) >= 11 is 0. The van der Waals surface area contributed by atoms with E-state index in [0.717, 1.165) is 11.1 Å². The van der Waals surface area contributed by atoms with Crippen molar-refractivity contribution in [2.24, 2.45) is 0 Å². The summed E-state index contributed by atoms with van der Waals surface area (Å²) < 4.78 is 0. The molecule has 0 unspecified atom stereocenters. The predicted molar refractivity (Wildman–Crippen MR) is 57.7 cm³/mol. The number of fused-ring (bicyclic) bond motifs is 1. The molecule has 0 radical (unpaired) electrons. The van der Waals surface area contributed by atoms with Gasteiger partial charge in [-0.3, -0.25) is 4.79 Å². The zero-order chi connectivity index (χ0) is 11.0. The van der Waals surface area contributed by atoms with Crippen molar-refractivity contribution >= 4 is 11.2 Å². The van der Waals surface area contributed by atoms with Crippen LogP contribution in [0.1, 0.15) is 0 Å². The zero-order valence-corrected chi connectivity index (χ0v) is 8.14. The second-order valence-corrected chi connectivity index (χ2v) is 3.28. The van der Waals surface area contributed by atoms with Gasteiger partial charge in [-0.2, -0.15) is 0 Å². The minimum atomic E-state index is -0.149. The highest BCUT2D eigenvalue weighted by atomic mass is 16.1. The summed E-state index contributed by atoms with van der Waals surface area (Å²) in [4.78, 5) is 28.9. The molecule has 0 atom stereocenters. The molecule has 0 aliphatic heterocycles. The fourth-order valence-electron chi connectivity index (χ4n) is 1.42. The molecule has 16 heavy (non-hydrogen) atoms. The third-order valence-corrected chi connectivity index (χ3v) is 2.22. The van der Waals surface area contributed by atoms with E-state index in [0.29, 0.717) is 11.5 Å².